The number of anilines is 1. The third kappa shape index (κ3) is 5.31. The van der Waals surface area contributed by atoms with Gasteiger partial charge in [-0.3, -0.25) is 4.90 Å². The Morgan fingerprint density at radius 2 is 1.45 bits per heavy atom. The molecule has 2 aliphatic heterocycles. The van der Waals surface area contributed by atoms with Crippen LogP contribution < -0.4 is 4.90 Å². The van der Waals surface area contributed by atoms with Crippen molar-refractivity contribution >= 4 is 17.3 Å². The Balaban J connectivity index is 1.19. The molecule has 5 nitrogen and oxygen atoms in total. The van der Waals surface area contributed by atoms with Crippen molar-refractivity contribution in [3.63, 3.8) is 0 Å². The molecule has 1 saturated carbocycles. The van der Waals surface area contributed by atoms with Crippen LogP contribution in [0.15, 0.2) is 102 Å². The number of aliphatic imine (C=N–C) groups is 1. The molecule has 1 aliphatic carbocycles. The molecule has 3 heterocycles. The van der Waals surface area contributed by atoms with Crippen LogP contribution >= 0.6 is 0 Å². The molecule has 1 aromatic heterocycles. The summed E-state index contributed by atoms with van der Waals surface area (Å²) in [4.78, 5) is 20.2. The topological polar surface area (TPSA) is 44.6 Å². The lowest BCUT2D eigenvalue weighted by Crippen LogP contribution is -2.44. The van der Waals surface area contributed by atoms with E-state index in [0.29, 0.717) is 11.3 Å². The highest BCUT2D eigenvalue weighted by Crippen LogP contribution is 2.49. The van der Waals surface area contributed by atoms with Gasteiger partial charge in [-0.2, -0.15) is 0 Å². The van der Waals surface area contributed by atoms with Crippen molar-refractivity contribution in [3.8, 4) is 0 Å². The Labute approximate surface area is 237 Å². The van der Waals surface area contributed by atoms with Gasteiger partial charge in [0.25, 0.3) is 0 Å². The van der Waals surface area contributed by atoms with E-state index in [0.717, 1.165) is 48.1 Å². The zero-order chi connectivity index (χ0) is 26.8. The lowest BCUT2D eigenvalue weighted by molar-refractivity contribution is 0.0991. The van der Waals surface area contributed by atoms with Crippen LogP contribution in [-0.4, -0.2) is 46.8 Å². The highest BCUT2D eigenvalue weighted by molar-refractivity contribution is 6.14. The Kier molecular flexibility index (Phi) is 6.90. The predicted molar refractivity (Wildman–Crippen MR) is 162 cm³/mol. The Morgan fingerprint density at radius 3 is 2.12 bits per heavy atom. The van der Waals surface area contributed by atoms with Gasteiger partial charge in [0.15, 0.2) is 5.82 Å². The fourth-order valence-corrected chi connectivity index (χ4v) is 6.78. The third-order valence-electron chi connectivity index (χ3n) is 8.87. The van der Waals surface area contributed by atoms with Crippen molar-refractivity contribution in [2.75, 3.05) is 31.1 Å². The molecule has 0 bridgehead atoms. The molecule has 1 unspecified atom stereocenters. The molecule has 202 valence electrons. The van der Waals surface area contributed by atoms with Crippen LogP contribution in [0.3, 0.4) is 0 Å². The summed E-state index contributed by atoms with van der Waals surface area (Å²) in [7, 11) is 0. The van der Waals surface area contributed by atoms with Crippen LogP contribution in [0.2, 0.25) is 0 Å². The first kappa shape index (κ1) is 25.2. The smallest absolute Gasteiger partial charge is 0.161 e. The van der Waals surface area contributed by atoms with Gasteiger partial charge >= 0.3 is 0 Å². The molecule has 0 amide bonds. The van der Waals surface area contributed by atoms with Gasteiger partial charge in [-0.05, 0) is 50.1 Å². The SMILES string of the molecule is c1ccc(CN2CCCC3(CCN(c4ncnc(N=C(c5ccccc5)c5ccccc5)c4C4CC4)C3)C2)cc1. The summed E-state index contributed by atoms with van der Waals surface area (Å²) in [6.07, 6.45) is 7.92. The maximum atomic E-state index is 5.29. The van der Waals surface area contributed by atoms with Gasteiger partial charge in [0, 0.05) is 48.3 Å². The normalized spacial score (nSPS) is 21.1. The van der Waals surface area contributed by atoms with Crippen LogP contribution in [0.4, 0.5) is 11.6 Å². The van der Waals surface area contributed by atoms with Crippen molar-refractivity contribution in [2.45, 2.75) is 44.6 Å². The zero-order valence-electron chi connectivity index (χ0n) is 23.1. The van der Waals surface area contributed by atoms with E-state index < -0.39 is 0 Å². The predicted octanol–water partition coefficient (Wildman–Crippen LogP) is 7.02. The third-order valence-corrected chi connectivity index (χ3v) is 8.87. The number of benzene rings is 3. The molecule has 1 spiro atoms. The first-order valence-corrected chi connectivity index (χ1v) is 14.8. The first-order valence-electron chi connectivity index (χ1n) is 14.8. The number of nitrogens with zero attached hydrogens (tertiary/aromatic N) is 5. The Hall–Kier alpha value is -3.83. The molecule has 40 heavy (non-hydrogen) atoms. The van der Waals surface area contributed by atoms with E-state index in [1.54, 1.807) is 6.33 Å². The highest BCUT2D eigenvalue weighted by atomic mass is 15.2. The van der Waals surface area contributed by atoms with Crippen LogP contribution in [0.5, 0.6) is 0 Å². The molecular weight excluding hydrogens is 490 g/mol. The van der Waals surface area contributed by atoms with Crippen molar-refractivity contribution < 1.29 is 0 Å². The standard InChI is InChI=1S/C35H37N5/c1-4-11-27(12-5-1)23-39-21-10-19-35(24-39)20-22-40(25-35)34-31(28-17-18-28)33(36-26-37-34)38-32(29-13-6-2-7-14-29)30-15-8-3-9-16-30/h1-9,11-16,26,28H,10,17-25H2. The molecule has 4 aromatic rings. The van der Waals surface area contributed by atoms with E-state index in [1.165, 1.54) is 56.3 Å². The van der Waals surface area contributed by atoms with Crippen molar-refractivity contribution in [1.82, 2.24) is 14.9 Å². The van der Waals surface area contributed by atoms with E-state index >= 15 is 0 Å². The van der Waals surface area contributed by atoms with Gasteiger partial charge in [-0.1, -0.05) is 91.0 Å². The average molecular weight is 528 g/mol. The summed E-state index contributed by atoms with van der Waals surface area (Å²) in [5.74, 6) is 2.46. The maximum absolute atomic E-state index is 5.29. The van der Waals surface area contributed by atoms with Gasteiger partial charge in [0.05, 0.1) is 5.71 Å². The second-order valence-corrected chi connectivity index (χ2v) is 11.9. The van der Waals surface area contributed by atoms with E-state index in [1.807, 2.05) is 0 Å². The number of likely N-dealkylation sites (tertiary alicyclic amines) is 1. The van der Waals surface area contributed by atoms with Gasteiger partial charge in [0.2, 0.25) is 0 Å². The number of rotatable bonds is 7. The number of aromatic nitrogens is 2. The molecule has 3 aromatic carbocycles. The number of piperidine rings is 1. The minimum absolute atomic E-state index is 0.335. The zero-order valence-corrected chi connectivity index (χ0v) is 23.1. The van der Waals surface area contributed by atoms with Gasteiger partial charge in [0.1, 0.15) is 12.1 Å². The molecule has 1 atom stereocenters. The van der Waals surface area contributed by atoms with E-state index in [-0.39, 0.29) is 0 Å². The van der Waals surface area contributed by atoms with Crippen molar-refractivity contribution in [2.24, 2.45) is 10.4 Å². The summed E-state index contributed by atoms with van der Waals surface area (Å²) in [5.41, 5.74) is 6.18. The average Bonchev–Trinajstić information content (AvgIpc) is 3.78. The first-order chi connectivity index (χ1) is 19.8. The lowest BCUT2D eigenvalue weighted by atomic mass is 9.79. The number of hydrogen-bond donors (Lipinski definition) is 0. The maximum Gasteiger partial charge on any atom is 0.161 e. The molecule has 3 fully saturated rings. The summed E-state index contributed by atoms with van der Waals surface area (Å²) < 4.78 is 0. The van der Waals surface area contributed by atoms with Crippen LogP contribution in [-0.2, 0) is 6.54 Å². The second kappa shape index (κ2) is 11.0. The molecule has 2 saturated heterocycles. The molecule has 0 radical (unpaired) electrons. The van der Waals surface area contributed by atoms with Crippen molar-refractivity contribution in [3.05, 3.63) is 120 Å². The van der Waals surface area contributed by atoms with E-state index in [2.05, 4.69) is 101 Å². The second-order valence-electron chi connectivity index (χ2n) is 11.9. The molecule has 3 aliphatic rings. The van der Waals surface area contributed by atoms with E-state index in [9.17, 15) is 0 Å². The van der Waals surface area contributed by atoms with Gasteiger partial charge in [-0.25, -0.2) is 15.0 Å². The Morgan fingerprint density at radius 1 is 0.775 bits per heavy atom. The highest BCUT2D eigenvalue weighted by Gasteiger charge is 2.43. The fraction of sp³-hybridized carbons (Fsp3) is 0.343. The quantitative estimate of drug-likeness (QED) is 0.242. The fourth-order valence-electron chi connectivity index (χ4n) is 6.78. The van der Waals surface area contributed by atoms with Crippen LogP contribution in [0.1, 0.15) is 60.3 Å². The largest absolute Gasteiger partial charge is 0.356 e. The van der Waals surface area contributed by atoms with Crippen LogP contribution in [0, 0.1) is 5.41 Å². The molecule has 7 rings (SSSR count). The summed E-state index contributed by atoms with van der Waals surface area (Å²) in [5, 5.41) is 0. The van der Waals surface area contributed by atoms with Gasteiger partial charge in [-0.15, -0.1) is 0 Å². The summed E-state index contributed by atoms with van der Waals surface area (Å²) >= 11 is 0. The minimum Gasteiger partial charge on any atom is -0.356 e. The molecular formula is C35H37N5. The minimum atomic E-state index is 0.335. The summed E-state index contributed by atoms with van der Waals surface area (Å²) in [6, 6.07) is 31.9. The molecule has 0 N–H and O–H groups in total. The monoisotopic (exact) mass is 527 g/mol. The van der Waals surface area contributed by atoms with Crippen LogP contribution in [0.25, 0.3) is 0 Å². The number of hydrogen-bond acceptors (Lipinski definition) is 5. The van der Waals surface area contributed by atoms with Crippen molar-refractivity contribution in [1.29, 1.82) is 0 Å². The lowest BCUT2D eigenvalue weighted by Gasteiger charge is -2.40. The summed E-state index contributed by atoms with van der Waals surface area (Å²) in [6.45, 7) is 5.53. The van der Waals surface area contributed by atoms with Gasteiger partial charge < -0.3 is 4.90 Å². The molecule has 5 heteroatoms. The Bertz CT molecular complexity index is 1420. The van der Waals surface area contributed by atoms with E-state index in [4.69, 9.17) is 15.0 Å².